The molecule has 7 nitrogen and oxygen atoms in total. The van der Waals surface area contributed by atoms with Gasteiger partial charge in [0.2, 0.25) is 5.91 Å². The number of aliphatic hydroxyl groups excluding tert-OH is 1. The molecule has 1 aliphatic rings. The van der Waals surface area contributed by atoms with Crippen LogP contribution in [0.2, 0.25) is 0 Å². The number of hydrogen-bond donors (Lipinski definition) is 3. The van der Waals surface area contributed by atoms with Gasteiger partial charge < -0.3 is 15.7 Å². The second kappa shape index (κ2) is 9.43. The number of nitrogens with zero attached hydrogens (tertiary/aromatic N) is 2. The first kappa shape index (κ1) is 22.0. The average molecular weight is 413 g/mol. The maximum absolute atomic E-state index is 12.8. The zero-order chi connectivity index (χ0) is 21.7. The normalized spacial score (nSPS) is 24.1. The molecule has 3 atom stereocenters. The highest BCUT2D eigenvalue weighted by Crippen LogP contribution is 2.38. The number of rotatable bonds is 6. The highest BCUT2D eigenvalue weighted by molar-refractivity contribution is 5.92. The van der Waals surface area contributed by atoms with Crippen LogP contribution in [0.3, 0.4) is 0 Å². The van der Waals surface area contributed by atoms with Crippen LogP contribution in [0.25, 0.3) is 0 Å². The molecule has 0 spiro atoms. The molecule has 1 heterocycles. The Bertz CT molecular complexity index is 880. The van der Waals surface area contributed by atoms with E-state index in [9.17, 15) is 14.7 Å². The van der Waals surface area contributed by atoms with Crippen LogP contribution in [0, 0.1) is 6.92 Å². The van der Waals surface area contributed by atoms with Gasteiger partial charge in [-0.1, -0.05) is 30.3 Å². The first-order valence-electron chi connectivity index (χ1n) is 10.7. The third kappa shape index (κ3) is 4.90. The van der Waals surface area contributed by atoms with Gasteiger partial charge in [0.25, 0.3) is 5.91 Å². The summed E-state index contributed by atoms with van der Waals surface area (Å²) < 4.78 is 1.81. The second-order valence-corrected chi connectivity index (χ2v) is 8.27. The minimum Gasteiger partial charge on any atom is -0.391 e. The summed E-state index contributed by atoms with van der Waals surface area (Å²) in [6.45, 7) is 6.57. The van der Waals surface area contributed by atoms with Crippen molar-refractivity contribution >= 4 is 11.8 Å². The minimum atomic E-state index is -0.599. The van der Waals surface area contributed by atoms with Crippen LogP contribution in [0.15, 0.2) is 36.4 Å². The van der Waals surface area contributed by atoms with E-state index in [4.69, 9.17) is 0 Å². The zero-order valence-electron chi connectivity index (χ0n) is 18.0. The Balaban J connectivity index is 1.81. The number of benzene rings is 1. The quantitative estimate of drug-likeness (QED) is 0.635. The maximum Gasteiger partial charge on any atom is 0.271 e. The lowest BCUT2D eigenvalue weighted by Gasteiger charge is -2.34. The number of amides is 2. The van der Waals surface area contributed by atoms with E-state index in [1.807, 2.05) is 36.7 Å². The summed E-state index contributed by atoms with van der Waals surface area (Å²) in [4.78, 5) is 24.3. The number of carbonyl (C=O) groups is 2. The summed E-state index contributed by atoms with van der Waals surface area (Å²) in [6, 6.07) is 11.7. The van der Waals surface area contributed by atoms with E-state index >= 15 is 0 Å². The first-order chi connectivity index (χ1) is 14.3. The number of hydrogen-bond acceptors (Lipinski definition) is 4. The maximum atomic E-state index is 12.8. The third-order valence-electron chi connectivity index (χ3n) is 6.19. The van der Waals surface area contributed by atoms with E-state index in [2.05, 4.69) is 27.9 Å². The summed E-state index contributed by atoms with van der Waals surface area (Å²) in [7, 11) is 0. The van der Waals surface area contributed by atoms with E-state index in [0.29, 0.717) is 25.1 Å². The van der Waals surface area contributed by atoms with E-state index in [0.717, 1.165) is 30.6 Å². The Morgan fingerprint density at radius 3 is 2.57 bits per heavy atom. The minimum absolute atomic E-state index is 0.138. The molecule has 0 aliphatic heterocycles. The molecular formula is C23H32N4O3. The molecule has 30 heavy (non-hydrogen) atoms. The van der Waals surface area contributed by atoms with Crippen molar-refractivity contribution in [1.29, 1.82) is 0 Å². The Labute approximate surface area is 177 Å². The summed E-state index contributed by atoms with van der Waals surface area (Å²) in [5.74, 6) is -0.328. The van der Waals surface area contributed by atoms with Gasteiger partial charge in [-0.05, 0) is 51.2 Å². The fourth-order valence-corrected chi connectivity index (χ4v) is 4.44. The molecule has 2 amide bonds. The van der Waals surface area contributed by atoms with E-state index < -0.39 is 6.10 Å². The molecule has 0 saturated heterocycles. The summed E-state index contributed by atoms with van der Waals surface area (Å²) in [6.07, 6.45) is 2.07. The lowest BCUT2D eigenvalue weighted by molar-refractivity contribution is -0.120. The standard InChI is InChI=1S/C23H32N4O3/c1-4-27-16(2)14-20(26-27)22(30)24-15-23(18-8-6-5-7-9-18)12-10-19(25-17(3)28)21(29)11-13-23/h5-9,14,19,21,29H,4,10-13,15H2,1-3H3,(H,24,30)(H,25,28)/t19-,21-,23-/m0/s1. The summed E-state index contributed by atoms with van der Waals surface area (Å²) >= 11 is 0. The fourth-order valence-electron chi connectivity index (χ4n) is 4.44. The van der Waals surface area contributed by atoms with Crippen LogP contribution in [0.5, 0.6) is 0 Å². The van der Waals surface area contributed by atoms with Crippen LogP contribution in [-0.4, -0.2) is 45.4 Å². The number of nitrogens with one attached hydrogen (secondary N) is 2. The van der Waals surface area contributed by atoms with Gasteiger partial charge in [0.1, 0.15) is 5.69 Å². The van der Waals surface area contributed by atoms with Gasteiger partial charge in [0.05, 0.1) is 12.1 Å². The zero-order valence-corrected chi connectivity index (χ0v) is 18.0. The van der Waals surface area contributed by atoms with Gasteiger partial charge in [0, 0.05) is 31.1 Å². The molecule has 0 unspecified atom stereocenters. The van der Waals surface area contributed by atoms with Crippen molar-refractivity contribution in [2.45, 2.75) is 70.6 Å². The van der Waals surface area contributed by atoms with Crippen molar-refractivity contribution in [3.8, 4) is 0 Å². The summed E-state index contributed by atoms with van der Waals surface area (Å²) in [5, 5.41) is 20.9. The van der Waals surface area contributed by atoms with Crippen molar-refractivity contribution in [2.75, 3.05) is 6.54 Å². The van der Waals surface area contributed by atoms with Gasteiger partial charge in [-0.3, -0.25) is 14.3 Å². The number of aromatic nitrogens is 2. The molecule has 1 aromatic heterocycles. The van der Waals surface area contributed by atoms with Gasteiger partial charge in [0.15, 0.2) is 0 Å². The number of aliphatic hydroxyl groups is 1. The highest BCUT2D eigenvalue weighted by Gasteiger charge is 2.38. The smallest absolute Gasteiger partial charge is 0.271 e. The van der Waals surface area contributed by atoms with E-state index in [-0.39, 0.29) is 23.3 Å². The predicted molar refractivity (Wildman–Crippen MR) is 115 cm³/mol. The molecule has 1 saturated carbocycles. The van der Waals surface area contributed by atoms with Crippen molar-refractivity contribution < 1.29 is 14.7 Å². The van der Waals surface area contributed by atoms with Gasteiger partial charge >= 0.3 is 0 Å². The lowest BCUT2D eigenvalue weighted by atomic mass is 9.74. The Morgan fingerprint density at radius 2 is 1.93 bits per heavy atom. The molecule has 7 heteroatoms. The highest BCUT2D eigenvalue weighted by atomic mass is 16.3. The van der Waals surface area contributed by atoms with Crippen LogP contribution >= 0.6 is 0 Å². The van der Waals surface area contributed by atoms with Gasteiger partial charge in [-0.15, -0.1) is 0 Å². The SMILES string of the molecule is CCn1nc(C(=O)NC[C@]2(c3ccccc3)CC[C@H](NC(C)=O)[C@@H](O)CC2)cc1C. The van der Waals surface area contributed by atoms with E-state index in [1.54, 1.807) is 6.07 Å². The molecule has 0 bridgehead atoms. The number of carbonyl (C=O) groups excluding carboxylic acids is 2. The van der Waals surface area contributed by atoms with Gasteiger partial charge in [-0.2, -0.15) is 5.10 Å². The molecule has 2 aromatic rings. The monoisotopic (exact) mass is 412 g/mol. The molecule has 1 aromatic carbocycles. The van der Waals surface area contributed by atoms with Crippen LogP contribution in [0.1, 0.15) is 61.3 Å². The molecule has 1 fully saturated rings. The molecule has 1 aliphatic carbocycles. The van der Waals surface area contributed by atoms with Crippen molar-refractivity contribution in [3.05, 3.63) is 53.3 Å². The van der Waals surface area contributed by atoms with Crippen molar-refractivity contribution in [3.63, 3.8) is 0 Å². The van der Waals surface area contributed by atoms with Crippen molar-refractivity contribution in [1.82, 2.24) is 20.4 Å². The van der Waals surface area contributed by atoms with Crippen LogP contribution in [-0.2, 0) is 16.8 Å². The average Bonchev–Trinajstić information content (AvgIpc) is 3.05. The fraction of sp³-hybridized carbons (Fsp3) is 0.522. The van der Waals surface area contributed by atoms with Crippen LogP contribution in [0.4, 0.5) is 0 Å². The molecular weight excluding hydrogens is 380 g/mol. The largest absolute Gasteiger partial charge is 0.391 e. The Kier molecular flexibility index (Phi) is 6.92. The molecule has 162 valence electrons. The number of aryl methyl sites for hydroxylation is 2. The van der Waals surface area contributed by atoms with Gasteiger partial charge in [-0.25, -0.2) is 0 Å². The van der Waals surface area contributed by atoms with E-state index in [1.165, 1.54) is 6.92 Å². The second-order valence-electron chi connectivity index (χ2n) is 8.27. The third-order valence-corrected chi connectivity index (χ3v) is 6.19. The Morgan fingerprint density at radius 1 is 1.23 bits per heavy atom. The molecule has 3 N–H and O–H groups in total. The van der Waals surface area contributed by atoms with Crippen molar-refractivity contribution in [2.24, 2.45) is 0 Å². The molecule has 3 rings (SSSR count). The predicted octanol–water partition coefficient (Wildman–Crippen LogP) is 2.32. The van der Waals surface area contributed by atoms with Crippen LogP contribution < -0.4 is 10.6 Å². The topological polar surface area (TPSA) is 96.3 Å². The molecule has 0 radical (unpaired) electrons. The first-order valence-corrected chi connectivity index (χ1v) is 10.7. The lowest BCUT2D eigenvalue weighted by Crippen LogP contribution is -2.42. The summed E-state index contributed by atoms with van der Waals surface area (Å²) in [5.41, 5.74) is 2.20. The Hall–Kier alpha value is -2.67.